The Morgan fingerprint density at radius 2 is 1.81 bits per heavy atom. The molecule has 0 saturated heterocycles. The highest BCUT2D eigenvalue weighted by Gasteiger charge is 2.32. The summed E-state index contributed by atoms with van der Waals surface area (Å²) in [4.78, 5) is 18.7. The fraction of sp³-hybridized carbons (Fsp3) is 0.448. The van der Waals surface area contributed by atoms with Crippen LogP contribution < -0.4 is 5.56 Å². The van der Waals surface area contributed by atoms with Crippen LogP contribution in [0.25, 0.3) is 10.9 Å². The number of nitrogens with zero attached hydrogens (tertiary/aromatic N) is 5. The lowest BCUT2D eigenvalue weighted by Crippen LogP contribution is -2.36. The number of fused-ring (bicyclic) bond motifs is 1. The van der Waals surface area contributed by atoms with E-state index in [1.807, 2.05) is 31.2 Å². The molecule has 1 aliphatic carbocycles. The van der Waals surface area contributed by atoms with Crippen molar-refractivity contribution in [2.75, 3.05) is 0 Å². The topological polar surface area (TPSA) is 79.7 Å². The van der Waals surface area contributed by atoms with E-state index < -0.39 is 0 Å². The van der Waals surface area contributed by atoms with Gasteiger partial charge in [-0.3, -0.25) is 9.69 Å². The lowest BCUT2D eigenvalue weighted by Gasteiger charge is -2.35. The maximum atomic E-state index is 13.2. The molecule has 2 aromatic carbocycles. The van der Waals surface area contributed by atoms with Crippen molar-refractivity contribution < 1.29 is 0 Å². The first-order valence-corrected chi connectivity index (χ1v) is 13.2. The van der Waals surface area contributed by atoms with Gasteiger partial charge in [0.15, 0.2) is 5.82 Å². The average molecular weight is 485 g/mol. The van der Waals surface area contributed by atoms with Crippen LogP contribution in [0.3, 0.4) is 0 Å². The van der Waals surface area contributed by atoms with Gasteiger partial charge in [-0.15, -0.1) is 5.10 Å². The first kappa shape index (κ1) is 24.4. The molecule has 1 N–H and O–H groups in total. The smallest absolute Gasteiger partial charge is 0.252 e. The maximum absolute atomic E-state index is 13.2. The molecule has 36 heavy (non-hydrogen) atoms. The summed E-state index contributed by atoms with van der Waals surface area (Å²) in [6, 6.07) is 18.9. The lowest BCUT2D eigenvalue weighted by molar-refractivity contribution is 0.121. The summed E-state index contributed by atoms with van der Waals surface area (Å²) in [5.74, 6) is 1.16. The second-order valence-electron chi connectivity index (χ2n) is 10.5. The maximum Gasteiger partial charge on any atom is 0.252 e. The molecule has 4 aromatic rings. The van der Waals surface area contributed by atoms with Gasteiger partial charge in [-0.05, 0) is 58.7 Å². The van der Waals surface area contributed by atoms with Crippen LogP contribution in [0, 0.1) is 12.8 Å². The zero-order valence-corrected chi connectivity index (χ0v) is 21.5. The van der Waals surface area contributed by atoms with E-state index in [1.165, 1.54) is 24.8 Å². The molecule has 2 aromatic heterocycles. The Labute approximate surface area is 212 Å². The van der Waals surface area contributed by atoms with E-state index >= 15 is 0 Å². The zero-order chi connectivity index (χ0) is 25.1. The summed E-state index contributed by atoms with van der Waals surface area (Å²) in [5.41, 5.74) is 3.90. The number of para-hydroxylation sites is 1. The van der Waals surface area contributed by atoms with E-state index in [-0.39, 0.29) is 17.5 Å². The van der Waals surface area contributed by atoms with Crippen LogP contribution >= 0.6 is 0 Å². The van der Waals surface area contributed by atoms with Gasteiger partial charge in [-0.25, -0.2) is 4.68 Å². The number of aryl methyl sites for hydroxylation is 1. The Morgan fingerprint density at radius 3 is 2.56 bits per heavy atom. The molecule has 5 rings (SSSR count). The number of benzene rings is 2. The molecular formula is C29H36N6O. The van der Waals surface area contributed by atoms with Crippen molar-refractivity contribution in [1.82, 2.24) is 30.1 Å². The predicted octanol–water partition coefficient (Wildman–Crippen LogP) is 5.73. The Hall–Kier alpha value is -3.32. The van der Waals surface area contributed by atoms with Crippen molar-refractivity contribution in [2.45, 2.75) is 78.0 Å². The SMILES string of the molecule is Cc1cccc2cc(CN(Cc3ccccc3)C(c3nnnn3C3CCCCC3)C(C)C)c(=O)[nH]c12. The Bertz CT molecular complexity index is 1350. The second-order valence-corrected chi connectivity index (χ2v) is 10.5. The van der Waals surface area contributed by atoms with Crippen molar-refractivity contribution in [3.8, 4) is 0 Å². The molecule has 7 heteroatoms. The van der Waals surface area contributed by atoms with Gasteiger partial charge < -0.3 is 4.98 Å². The third-order valence-corrected chi connectivity index (χ3v) is 7.50. The van der Waals surface area contributed by atoms with E-state index in [0.29, 0.717) is 19.1 Å². The molecule has 188 valence electrons. The number of aromatic nitrogens is 5. The zero-order valence-electron chi connectivity index (χ0n) is 21.5. The molecule has 1 aliphatic rings. The predicted molar refractivity (Wildman–Crippen MR) is 143 cm³/mol. The number of hydrogen-bond donors (Lipinski definition) is 1. The molecule has 1 saturated carbocycles. The molecule has 0 bridgehead atoms. The fourth-order valence-corrected chi connectivity index (χ4v) is 5.70. The molecule has 0 radical (unpaired) electrons. The normalized spacial score (nSPS) is 15.7. The summed E-state index contributed by atoms with van der Waals surface area (Å²) >= 11 is 0. The minimum atomic E-state index is -0.0377. The molecule has 1 fully saturated rings. The van der Waals surface area contributed by atoms with Crippen molar-refractivity contribution in [3.05, 3.63) is 87.5 Å². The molecule has 1 unspecified atom stereocenters. The van der Waals surface area contributed by atoms with E-state index in [1.54, 1.807) is 0 Å². The Balaban J connectivity index is 1.56. The van der Waals surface area contributed by atoms with Crippen LogP contribution in [-0.2, 0) is 13.1 Å². The summed E-state index contributed by atoms with van der Waals surface area (Å²) in [6.07, 6.45) is 5.95. The number of nitrogens with one attached hydrogen (secondary N) is 1. The van der Waals surface area contributed by atoms with E-state index in [4.69, 9.17) is 0 Å². The summed E-state index contributed by atoms with van der Waals surface area (Å²) in [7, 11) is 0. The third-order valence-electron chi connectivity index (χ3n) is 7.50. The second kappa shape index (κ2) is 10.7. The number of tetrazole rings is 1. The standard InChI is InChI=1S/C29H36N6O/c1-20(2)27(28-31-32-33-35(28)25-15-8-5-9-16-25)34(18-22-12-6-4-7-13-22)19-24-17-23-14-10-11-21(3)26(23)30-29(24)36/h4,6-7,10-14,17,20,25,27H,5,8-9,15-16,18-19H2,1-3H3,(H,30,36). The lowest BCUT2D eigenvalue weighted by atomic mass is 9.94. The summed E-state index contributed by atoms with van der Waals surface area (Å²) < 4.78 is 2.08. The highest BCUT2D eigenvalue weighted by atomic mass is 16.1. The number of H-pyrrole nitrogens is 1. The van der Waals surface area contributed by atoms with Gasteiger partial charge in [0.05, 0.1) is 17.6 Å². The highest BCUT2D eigenvalue weighted by molar-refractivity contribution is 5.81. The van der Waals surface area contributed by atoms with Gasteiger partial charge in [0.1, 0.15) is 0 Å². The number of rotatable bonds is 8. The molecule has 0 amide bonds. The van der Waals surface area contributed by atoms with Crippen molar-refractivity contribution in [3.63, 3.8) is 0 Å². The summed E-state index contributed by atoms with van der Waals surface area (Å²) in [5, 5.41) is 14.2. The Kier molecular flexibility index (Phi) is 7.28. The first-order valence-electron chi connectivity index (χ1n) is 13.2. The minimum absolute atomic E-state index is 0.0326. The van der Waals surface area contributed by atoms with Gasteiger partial charge in [-0.1, -0.05) is 81.6 Å². The fourth-order valence-electron chi connectivity index (χ4n) is 5.70. The largest absolute Gasteiger partial charge is 0.321 e. The van der Waals surface area contributed by atoms with Gasteiger partial charge in [0.25, 0.3) is 5.56 Å². The first-order chi connectivity index (χ1) is 17.5. The van der Waals surface area contributed by atoms with Gasteiger partial charge >= 0.3 is 0 Å². The van der Waals surface area contributed by atoms with E-state index in [9.17, 15) is 4.79 Å². The quantitative estimate of drug-likeness (QED) is 0.346. The van der Waals surface area contributed by atoms with Crippen LogP contribution in [0.5, 0.6) is 0 Å². The third kappa shape index (κ3) is 5.12. The molecular weight excluding hydrogens is 448 g/mol. The molecule has 0 aliphatic heterocycles. The van der Waals surface area contributed by atoms with Crippen LogP contribution in [0.15, 0.2) is 59.4 Å². The molecule has 0 spiro atoms. The molecule has 7 nitrogen and oxygen atoms in total. The minimum Gasteiger partial charge on any atom is -0.321 e. The number of pyridine rings is 1. The molecule has 1 atom stereocenters. The van der Waals surface area contributed by atoms with E-state index in [2.05, 4.69) is 74.3 Å². The van der Waals surface area contributed by atoms with Crippen molar-refractivity contribution in [2.24, 2.45) is 5.92 Å². The Morgan fingerprint density at radius 1 is 1.03 bits per heavy atom. The van der Waals surface area contributed by atoms with Crippen LogP contribution in [-0.4, -0.2) is 30.1 Å². The van der Waals surface area contributed by atoms with E-state index in [0.717, 1.165) is 40.7 Å². The average Bonchev–Trinajstić information content (AvgIpc) is 3.35. The summed E-state index contributed by atoms with van der Waals surface area (Å²) in [6.45, 7) is 7.67. The number of hydrogen-bond acceptors (Lipinski definition) is 5. The highest BCUT2D eigenvalue weighted by Crippen LogP contribution is 2.34. The van der Waals surface area contributed by atoms with Gasteiger partial charge in [0, 0.05) is 18.7 Å². The van der Waals surface area contributed by atoms with Crippen LogP contribution in [0.2, 0.25) is 0 Å². The van der Waals surface area contributed by atoms with Crippen molar-refractivity contribution >= 4 is 10.9 Å². The van der Waals surface area contributed by atoms with Gasteiger partial charge in [0.2, 0.25) is 0 Å². The van der Waals surface area contributed by atoms with Gasteiger partial charge in [-0.2, -0.15) is 0 Å². The monoisotopic (exact) mass is 484 g/mol. The van der Waals surface area contributed by atoms with Crippen LogP contribution in [0.1, 0.15) is 80.6 Å². The van der Waals surface area contributed by atoms with Crippen LogP contribution in [0.4, 0.5) is 0 Å². The molecule has 2 heterocycles. The number of aromatic amines is 1. The van der Waals surface area contributed by atoms with Crippen molar-refractivity contribution in [1.29, 1.82) is 0 Å².